The summed E-state index contributed by atoms with van der Waals surface area (Å²) in [5.41, 5.74) is 0.261. The standard InChI is InChI=1S/C12H23N3O/c1-4-13-11(15-10-5-9(10)2)14-6-12(3)7-16-8-12/h9-10H,4-8H2,1-3H3,(H2,13,14,15). The Morgan fingerprint density at radius 3 is 2.62 bits per heavy atom. The molecular weight excluding hydrogens is 202 g/mol. The zero-order valence-corrected chi connectivity index (χ0v) is 10.5. The molecule has 2 atom stereocenters. The van der Waals surface area contributed by atoms with E-state index in [2.05, 4.69) is 36.4 Å². The molecule has 1 aliphatic heterocycles. The van der Waals surface area contributed by atoms with E-state index < -0.39 is 0 Å². The van der Waals surface area contributed by atoms with Crippen LogP contribution in [0.3, 0.4) is 0 Å². The van der Waals surface area contributed by atoms with Gasteiger partial charge in [-0.3, -0.25) is 4.99 Å². The lowest BCUT2D eigenvalue weighted by atomic mass is 9.89. The Bertz CT molecular complexity index is 273. The number of rotatable bonds is 4. The van der Waals surface area contributed by atoms with Crippen LogP contribution in [0.25, 0.3) is 0 Å². The second-order valence-corrected chi connectivity index (χ2v) is 5.46. The second-order valence-electron chi connectivity index (χ2n) is 5.46. The molecular formula is C12H23N3O. The number of nitrogens with one attached hydrogen (secondary N) is 2. The van der Waals surface area contributed by atoms with E-state index >= 15 is 0 Å². The lowest BCUT2D eigenvalue weighted by Crippen LogP contribution is -2.45. The molecule has 4 nitrogen and oxygen atoms in total. The fourth-order valence-electron chi connectivity index (χ4n) is 1.83. The van der Waals surface area contributed by atoms with Gasteiger partial charge >= 0.3 is 0 Å². The van der Waals surface area contributed by atoms with Crippen molar-refractivity contribution in [2.75, 3.05) is 26.3 Å². The first-order chi connectivity index (χ1) is 7.63. The van der Waals surface area contributed by atoms with Crippen LogP contribution in [0.4, 0.5) is 0 Å². The summed E-state index contributed by atoms with van der Waals surface area (Å²) in [5.74, 6) is 1.76. The lowest BCUT2D eigenvalue weighted by molar-refractivity contribution is -0.0945. The van der Waals surface area contributed by atoms with E-state index in [1.807, 2.05) is 0 Å². The smallest absolute Gasteiger partial charge is 0.191 e. The highest BCUT2D eigenvalue weighted by Crippen LogP contribution is 2.29. The van der Waals surface area contributed by atoms with Gasteiger partial charge in [-0.05, 0) is 19.3 Å². The first-order valence-corrected chi connectivity index (χ1v) is 6.25. The highest BCUT2D eigenvalue weighted by atomic mass is 16.5. The van der Waals surface area contributed by atoms with E-state index in [0.29, 0.717) is 6.04 Å². The minimum absolute atomic E-state index is 0.261. The second kappa shape index (κ2) is 4.62. The number of guanidine groups is 1. The van der Waals surface area contributed by atoms with Gasteiger partial charge in [0.15, 0.2) is 5.96 Å². The highest BCUT2D eigenvalue weighted by molar-refractivity contribution is 5.80. The minimum Gasteiger partial charge on any atom is -0.380 e. The molecule has 16 heavy (non-hydrogen) atoms. The summed E-state index contributed by atoms with van der Waals surface area (Å²) in [5, 5.41) is 6.75. The van der Waals surface area contributed by atoms with Gasteiger partial charge in [0.1, 0.15) is 0 Å². The van der Waals surface area contributed by atoms with Gasteiger partial charge in [0, 0.05) is 18.0 Å². The molecule has 0 amide bonds. The van der Waals surface area contributed by atoms with E-state index in [0.717, 1.165) is 38.2 Å². The number of nitrogens with zero attached hydrogens (tertiary/aromatic N) is 1. The molecule has 0 radical (unpaired) electrons. The van der Waals surface area contributed by atoms with Crippen molar-refractivity contribution in [1.29, 1.82) is 0 Å². The van der Waals surface area contributed by atoms with Crippen LogP contribution in [0.1, 0.15) is 27.2 Å². The molecule has 1 heterocycles. The highest BCUT2D eigenvalue weighted by Gasteiger charge is 2.35. The molecule has 2 unspecified atom stereocenters. The average Bonchev–Trinajstić information content (AvgIpc) is 2.88. The van der Waals surface area contributed by atoms with Gasteiger partial charge in [-0.1, -0.05) is 13.8 Å². The summed E-state index contributed by atoms with van der Waals surface area (Å²) in [4.78, 5) is 4.64. The summed E-state index contributed by atoms with van der Waals surface area (Å²) >= 11 is 0. The summed E-state index contributed by atoms with van der Waals surface area (Å²) in [6, 6.07) is 0.628. The molecule has 0 bridgehead atoms. The molecule has 2 rings (SSSR count). The zero-order chi connectivity index (χ0) is 11.6. The van der Waals surface area contributed by atoms with Crippen LogP contribution in [0, 0.1) is 11.3 Å². The third-order valence-electron chi connectivity index (χ3n) is 3.30. The van der Waals surface area contributed by atoms with Crippen LogP contribution in [-0.4, -0.2) is 38.3 Å². The Labute approximate surface area is 97.9 Å². The molecule has 1 saturated heterocycles. The quantitative estimate of drug-likeness (QED) is 0.554. The summed E-state index contributed by atoms with van der Waals surface area (Å²) < 4.78 is 5.23. The third-order valence-corrected chi connectivity index (χ3v) is 3.30. The minimum atomic E-state index is 0.261. The van der Waals surface area contributed by atoms with Crippen molar-refractivity contribution >= 4 is 5.96 Å². The average molecular weight is 225 g/mol. The van der Waals surface area contributed by atoms with Crippen LogP contribution in [0.15, 0.2) is 4.99 Å². The SMILES string of the molecule is CCNC(=NCC1(C)COC1)NC1CC1C. The molecule has 0 spiro atoms. The van der Waals surface area contributed by atoms with Gasteiger partial charge in [0.05, 0.1) is 19.8 Å². The number of hydrogen-bond donors (Lipinski definition) is 2. The van der Waals surface area contributed by atoms with Gasteiger partial charge in [0.25, 0.3) is 0 Å². The van der Waals surface area contributed by atoms with E-state index in [4.69, 9.17) is 4.74 Å². The summed E-state index contributed by atoms with van der Waals surface area (Å²) in [7, 11) is 0. The van der Waals surface area contributed by atoms with Crippen molar-refractivity contribution in [2.45, 2.75) is 33.2 Å². The van der Waals surface area contributed by atoms with Crippen molar-refractivity contribution in [1.82, 2.24) is 10.6 Å². The molecule has 2 N–H and O–H groups in total. The molecule has 4 heteroatoms. The molecule has 0 aromatic heterocycles. The number of hydrogen-bond acceptors (Lipinski definition) is 2. The van der Waals surface area contributed by atoms with E-state index in [9.17, 15) is 0 Å². The maximum absolute atomic E-state index is 5.23. The van der Waals surface area contributed by atoms with E-state index in [1.54, 1.807) is 0 Å². The predicted octanol–water partition coefficient (Wildman–Crippen LogP) is 0.986. The Balaban J connectivity index is 1.82. The van der Waals surface area contributed by atoms with Crippen molar-refractivity contribution < 1.29 is 4.74 Å². The van der Waals surface area contributed by atoms with Crippen LogP contribution in [0.5, 0.6) is 0 Å². The van der Waals surface area contributed by atoms with Crippen molar-refractivity contribution in [3.8, 4) is 0 Å². The predicted molar refractivity (Wildman–Crippen MR) is 65.6 cm³/mol. The maximum Gasteiger partial charge on any atom is 0.191 e. The molecule has 92 valence electrons. The van der Waals surface area contributed by atoms with E-state index in [1.165, 1.54) is 6.42 Å². The monoisotopic (exact) mass is 225 g/mol. The Morgan fingerprint density at radius 1 is 1.50 bits per heavy atom. The number of aliphatic imine (C=N–C) groups is 1. The van der Waals surface area contributed by atoms with Crippen LogP contribution < -0.4 is 10.6 Å². The fourth-order valence-corrected chi connectivity index (χ4v) is 1.83. The topological polar surface area (TPSA) is 45.7 Å². The summed E-state index contributed by atoms with van der Waals surface area (Å²) in [6.07, 6.45) is 1.27. The first-order valence-electron chi connectivity index (χ1n) is 6.25. The zero-order valence-electron chi connectivity index (χ0n) is 10.5. The molecule has 0 aromatic carbocycles. The fraction of sp³-hybridized carbons (Fsp3) is 0.917. The molecule has 2 fully saturated rings. The van der Waals surface area contributed by atoms with Gasteiger partial charge in [-0.15, -0.1) is 0 Å². The van der Waals surface area contributed by atoms with Gasteiger partial charge in [0.2, 0.25) is 0 Å². The first kappa shape index (κ1) is 11.7. The molecule has 2 aliphatic rings. The van der Waals surface area contributed by atoms with Gasteiger partial charge in [-0.2, -0.15) is 0 Å². The number of ether oxygens (including phenoxy) is 1. The van der Waals surface area contributed by atoms with Gasteiger partial charge in [-0.25, -0.2) is 0 Å². The molecule has 0 aromatic rings. The van der Waals surface area contributed by atoms with Crippen LogP contribution >= 0.6 is 0 Å². The van der Waals surface area contributed by atoms with Crippen molar-refractivity contribution in [2.24, 2.45) is 16.3 Å². The van der Waals surface area contributed by atoms with E-state index in [-0.39, 0.29) is 5.41 Å². The molecule has 1 aliphatic carbocycles. The Hall–Kier alpha value is -0.770. The lowest BCUT2D eigenvalue weighted by Gasteiger charge is -2.36. The Morgan fingerprint density at radius 2 is 2.19 bits per heavy atom. The normalized spacial score (nSPS) is 31.8. The largest absolute Gasteiger partial charge is 0.380 e. The maximum atomic E-state index is 5.23. The Kier molecular flexibility index (Phi) is 3.38. The third kappa shape index (κ3) is 2.88. The van der Waals surface area contributed by atoms with Crippen molar-refractivity contribution in [3.63, 3.8) is 0 Å². The van der Waals surface area contributed by atoms with Crippen molar-refractivity contribution in [3.05, 3.63) is 0 Å². The summed E-state index contributed by atoms with van der Waals surface area (Å²) in [6.45, 7) is 10.0. The molecule has 1 saturated carbocycles. The van der Waals surface area contributed by atoms with Crippen LogP contribution in [-0.2, 0) is 4.74 Å². The van der Waals surface area contributed by atoms with Gasteiger partial charge < -0.3 is 15.4 Å². The van der Waals surface area contributed by atoms with Crippen LogP contribution in [0.2, 0.25) is 0 Å².